The summed E-state index contributed by atoms with van der Waals surface area (Å²) in [5, 5.41) is 0. The van der Waals surface area contributed by atoms with E-state index in [0.29, 0.717) is 29.8 Å². The van der Waals surface area contributed by atoms with Crippen LogP contribution in [0.3, 0.4) is 0 Å². The zero-order chi connectivity index (χ0) is 13.8. The van der Waals surface area contributed by atoms with Crippen LogP contribution in [0.2, 0.25) is 0 Å². The molecule has 0 unspecified atom stereocenters. The molecular formula is C15H15NO3. The van der Waals surface area contributed by atoms with Crippen LogP contribution >= 0.6 is 0 Å². The predicted octanol–water partition coefficient (Wildman–Crippen LogP) is 2.98. The predicted molar refractivity (Wildman–Crippen MR) is 72.3 cm³/mol. The lowest BCUT2D eigenvalue weighted by molar-refractivity contribution is 0.0520. The number of carbonyl (C=O) groups is 2. The van der Waals surface area contributed by atoms with Crippen LogP contribution in [0.15, 0.2) is 30.3 Å². The molecule has 1 N–H and O–H groups in total. The average Bonchev–Trinajstić information content (AvgIpc) is 2.84. The summed E-state index contributed by atoms with van der Waals surface area (Å²) >= 11 is 0. The Morgan fingerprint density at radius 2 is 2.00 bits per heavy atom. The number of hydrogen-bond donors (Lipinski definition) is 1. The summed E-state index contributed by atoms with van der Waals surface area (Å²) in [6.45, 7) is 4.03. The first-order valence-corrected chi connectivity index (χ1v) is 6.08. The van der Waals surface area contributed by atoms with Gasteiger partial charge in [0.1, 0.15) is 5.69 Å². The fourth-order valence-electron chi connectivity index (χ4n) is 1.85. The highest BCUT2D eigenvalue weighted by atomic mass is 16.5. The topological polar surface area (TPSA) is 59.2 Å². The first-order valence-electron chi connectivity index (χ1n) is 6.08. The van der Waals surface area contributed by atoms with Gasteiger partial charge in [-0.1, -0.05) is 29.8 Å². The van der Waals surface area contributed by atoms with Crippen molar-refractivity contribution in [2.45, 2.75) is 13.8 Å². The van der Waals surface area contributed by atoms with Crippen LogP contribution in [0.1, 0.15) is 33.5 Å². The summed E-state index contributed by atoms with van der Waals surface area (Å²) in [6.07, 6.45) is 0.706. The van der Waals surface area contributed by atoms with E-state index in [1.807, 2.05) is 31.2 Å². The van der Waals surface area contributed by atoms with Gasteiger partial charge in [0.2, 0.25) is 0 Å². The van der Waals surface area contributed by atoms with Gasteiger partial charge in [-0.25, -0.2) is 4.79 Å². The molecule has 0 fully saturated rings. The molecule has 98 valence electrons. The Hall–Kier alpha value is -2.36. The van der Waals surface area contributed by atoms with Crippen molar-refractivity contribution in [1.29, 1.82) is 0 Å². The van der Waals surface area contributed by atoms with Crippen LogP contribution in [0.5, 0.6) is 0 Å². The molecule has 1 aromatic carbocycles. The van der Waals surface area contributed by atoms with E-state index in [2.05, 4.69) is 4.98 Å². The van der Waals surface area contributed by atoms with E-state index in [1.165, 1.54) is 0 Å². The molecule has 0 amide bonds. The molecule has 0 radical (unpaired) electrons. The van der Waals surface area contributed by atoms with Gasteiger partial charge in [0, 0.05) is 5.56 Å². The Balaban J connectivity index is 2.42. The van der Waals surface area contributed by atoms with Gasteiger partial charge in [-0.2, -0.15) is 0 Å². The number of aromatic amines is 1. The van der Waals surface area contributed by atoms with Crippen molar-refractivity contribution in [2.75, 3.05) is 6.61 Å². The van der Waals surface area contributed by atoms with Gasteiger partial charge in [-0.05, 0) is 25.5 Å². The van der Waals surface area contributed by atoms with Gasteiger partial charge in [-0.3, -0.25) is 4.79 Å². The third-order valence-corrected chi connectivity index (χ3v) is 2.82. The molecule has 0 aliphatic carbocycles. The van der Waals surface area contributed by atoms with E-state index in [1.54, 1.807) is 13.0 Å². The second kappa shape index (κ2) is 5.52. The van der Waals surface area contributed by atoms with Crippen LogP contribution < -0.4 is 0 Å². The molecule has 0 saturated carbocycles. The summed E-state index contributed by atoms with van der Waals surface area (Å²) in [4.78, 5) is 25.5. The fourth-order valence-corrected chi connectivity index (χ4v) is 1.85. The standard InChI is InChI=1S/C15H15NO3/c1-3-19-15(18)13-8-12(14(9-17)16-13)11-6-4-10(2)5-7-11/h4-9,16H,3H2,1-2H3. The van der Waals surface area contributed by atoms with E-state index >= 15 is 0 Å². The van der Waals surface area contributed by atoms with Gasteiger partial charge in [0.25, 0.3) is 0 Å². The number of benzene rings is 1. The first kappa shape index (κ1) is 13.1. The number of ether oxygens (including phenoxy) is 1. The lowest BCUT2D eigenvalue weighted by Gasteiger charge is -1.99. The second-order valence-corrected chi connectivity index (χ2v) is 4.21. The van der Waals surface area contributed by atoms with E-state index < -0.39 is 5.97 Å². The summed E-state index contributed by atoms with van der Waals surface area (Å²) in [5.41, 5.74) is 3.40. The maximum Gasteiger partial charge on any atom is 0.354 e. The van der Waals surface area contributed by atoms with Gasteiger partial charge in [-0.15, -0.1) is 0 Å². The van der Waals surface area contributed by atoms with E-state index in [4.69, 9.17) is 4.74 Å². The van der Waals surface area contributed by atoms with E-state index in [9.17, 15) is 9.59 Å². The maximum absolute atomic E-state index is 11.6. The molecule has 0 aliphatic rings. The molecule has 4 nitrogen and oxygen atoms in total. The Kier molecular flexibility index (Phi) is 3.80. The van der Waals surface area contributed by atoms with Crippen molar-refractivity contribution >= 4 is 12.3 Å². The Bertz CT molecular complexity index is 596. The zero-order valence-corrected chi connectivity index (χ0v) is 10.9. The van der Waals surface area contributed by atoms with Gasteiger partial charge in [0.05, 0.1) is 12.3 Å². The highest BCUT2D eigenvalue weighted by Gasteiger charge is 2.15. The quantitative estimate of drug-likeness (QED) is 0.676. The average molecular weight is 257 g/mol. The molecule has 2 rings (SSSR count). The van der Waals surface area contributed by atoms with Gasteiger partial charge >= 0.3 is 5.97 Å². The number of aldehydes is 1. The lowest BCUT2D eigenvalue weighted by Crippen LogP contribution is -2.04. The molecule has 19 heavy (non-hydrogen) atoms. The summed E-state index contributed by atoms with van der Waals surface area (Å²) in [6, 6.07) is 9.40. The van der Waals surface area contributed by atoms with Crippen LogP contribution in [0, 0.1) is 6.92 Å². The number of carbonyl (C=O) groups excluding carboxylic acids is 2. The zero-order valence-electron chi connectivity index (χ0n) is 10.9. The fraction of sp³-hybridized carbons (Fsp3) is 0.200. The van der Waals surface area contributed by atoms with Crippen LogP contribution in [0.4, 0.5) is 0 Å². The monoisotopic (exact) mass is 257 g/mol. The Labute approximate surface area is 111 Å². The SMILES string of the molecule is CCOC(=O)c1cc(-c2ccc(C)cc2)c(C=O)[nH]1. The van der Waals surface area contributed by atoms with Crippen LogP contribution in [-0.4, -0.2) is 23.8 Å². The molecule has 0 saturated heterocycles. The molecule has 2 aromatic rings. The summed E-state index contributed by atoms with van der Waals surface area (Å²) in [7, 11) is 0. The number of rotatable bonds is 4. The van der Waals surface area contributed by atoms with Crippen molar-refractivity contribution < 1.29 is 14.3 Å². The summed E-state index contributed by atoms with van der Waals surface area (Å²) < 4.78 is 4.91. The number of hydrogen-bond acceptors (Lipinski definition) is 3. The molecule has 0 bridgehead atoms. The third-order valence-electron chi connectivity index (χ3n) is 2.82. The minimum absolute atomic E-state index is 0.291. The molecule has 0 atom stereocenters. The molecule has 4 heteroatoms. The molecule has 0 aliphatic heterocycles. The first-order chi connectivity index (χ1) is 9.15. The highest BCUT2D eigenvalue weighted by molar-refractivity contribution is 5.94. The van der Waals surface area contributed by atoms with Crippen molar-refractivity contribution in [3.05, 3.63) is 47.3 Å². The van der Waals surface area contributed by atoms with E-state index in [-0.39, 0.29) is 0 Å². The largest absolute Gasteiger partial charge is 0.461 e. The van der Waals surface area contributed by atoms with E-state index in [0.717, 1.165) is 11.1 Å². The minimum atomic E-state index is -0.455. The Morgan fingerprint density at radius 1 is 1.32 bits per heavy atom. The number of esters is 1. The number of nitrogens with one attached hydrogen (secondary N) is 1. The van der Waals surface area contributed by atoms with Crippen molar-refractivity contribution in [3.63, 3.8) is 0 Å². The van der Waals surface area contributed by atoms with Crippen LogP contribution in [0.25, 0.3) is 11.1 Å². The van der Waals surface area contributed by atoms with Gasteiger partial charge < -0.3 is 9.72 Å². The number of aromatic nitrogens is 1. The van der Waals surface area contributed by atoms with Crippen molar-refractivity contribution in [2.24, 2.45) is 0 Å². The summed E-state index contributed by atoms with van der Waals surface area (Å²) in [5.74, 6) is -0.455. The Morgan fingerprint density at radius 3 is 2.58 bits per heavy atom. The molecular weight excluding hydrogens is 242 g/mol. The normalized spacial score (nSPS) is 10.2. The number of aryl methyl sites for hydroxylation is 1. The smallest absolute Gasteiger partial charge is 0.354 e. The highest BCUT2D eigenvalue weighted by Crippen LogP contribution is 2.24. The third kappa shape index (κ3) is 2.73. The molecule has 1 heterocycles. The second-order valence-electron chi connectivity index (χ2n) is 4.21. The number of H-pyrrole nitrogens is 1. The maximum atomic E-state index is 11.6. The molecule has 1 aromatic heterocycles. The van der Waals surface area contributed by atoms with Crippen molar-refractivity contribution in [1.82, 2.24) is 4.98 Å². The lowest BCUT2D eigenvalue weighted by atomic mass is 10.0. The van der Waals surface area contributed by atoms with Crippen LogP contribution in [-0.2, 0) is 4.74 Å². The molecule has 0 spiro atoms. The van der Waals surface area contributed by atoms with Crippen molar-refractivity contribution in [3.8, 4) is 11.1 Å². The minimum Gasteiger partial charge on any atom is -0.461 e. The van der Waals surface area contributed by atoms with Gasteiger partial charge in [0.15, 0.2) is 6.29 Å².